The van der Waals surface area contributed by atoms with Gasteiger partial charge in [-0.1, -0.05) is 6.07 Å². The molecule has 0 spiro atoms. The predicted octanol–water partition coefficient (Wildman–Crippen LogP) is 3.00. The van der Waals surface area contributed by atoms with E-state index in [1.807, 2.05) is 66.3 Å². The SMILES string of the molecule is COc1ccc2c(=O)c3cc(N)c(N4CCN(c5ccccn5)CC4)cc3n(C)c2c1. The normalized spacial score (nSPS) is 14.4. The van der Waals surface area contributed by atoms with Crippen molar-refractivity contribution in [3.05, 3.63) is 65.0 Å². The Bertz CT molecular complexity index is 1330. The lowest BCUT2D eigenvalue weighted by Gasteiger charge is -2.37. The maximum Gasteiger partial charge on any atom is 0.197 e. The number of hydrogen-bond donors (Lipinski definition) is 1. The molecule has 0 bridgehead atoms. The number of pyridine rings is 2. The highest BCUT2D eigenvalue weighted by Crippen LogP contribution is 2.31. The molecule has 2 aromatic carbocycles. The number of piperazine rings is 1. The van der Waals surface area contributed by atoms with Crippen molar-refractivity contribution >= 4 is 39.0 Å². The number of methoxy groups -OCH3 is 1. The Labute approximate surface area is 180 Å². The second-order valence-corrected chi connectivity index (χ2v) is 7.86. The fourth-order valence-electron chi connectivity index (χ4n) is 4.43. The molecule has 2 aromatic heterocycles. The van der Waals surface area contributed by atoms with Crippen LogP contribution in [0.2, 0.25) is 0 Å². The van der Waals surface area contributed by atoms with Crippen molar-refractivity contribution in [3.63, 3.8) is 0 Å². The quantitative estimate of drug-likeness (QED) is 0.410. The summed E-state index contributed by atoms with van der Waals surface area (Å²) in [5, 5.41) is 1.29. The van der Waals surface area contributed by atoms with Gasteiger partial charge in [0.2, 0.25) is 0 Å². The minimum absolute atomic E-state index is 0.0102. The molecular weight excluding hydrogens is 390 g/mol. The standard InChI is InChI=1S/C24H25N5O2/c1-27-20-13-16(31-2)6-7-17(20)24(30)18-14-19(25)22(15-21(18)27)28-9-11-29(12-10-28)23-5-3-4-8-26-23/h3-8,13-15H,9-12,25H2,1-2H3. The van der Waals surface area contributed by atoms with Gasteiger partial charge < -0.3 is 24.8 Å². The lowest BCUT2D eigenvalue weighted by molar-refractivity contribution is 0.415. The van der Waals surface area contributed by atoms with E-state index in [1.165, 1.54) is 0 Å². The third-order valence-corrected chi connectivity index (χ3v) is 6.16. The van der Waals surface area contributed by atoms with Crippen LogP contribution in [-0.2, 0) is 7.05 Å². The van der Waals surface area contributed by atoms with Crippen LogP contribution in [0, 0.1) is 0 Å². The number of hydrogen-bond acceptors (Lipinski definition) is 6. The van der Waals surface area contributed by atoms with Crippen molar-refractivity contribution in [2.45, 2.75) is 0 Å². The molecule has 158 valence electrons. The van der Waals surface area contributed by atoms with Crippen LogP contribution in [0.3, 0.4) is 0 Å². The van der Waals surface area contributed by atoms with Crippen LogP contribution >= 0.6 is 0 Å². The molecule has 0 atom stereocenters. The fourth-order valence-corrected chi connectivity index (χ4v) is 4.43. The van der Waals surface area contributed by atoms with E-state index in [9.17, 15) is 4.79 Å². The summed E-state index contributed by atoms with van der Waals surface area (Å²) in [4.78, 5) is 22.2. The Morgan fingerprint density at radius 3 is 2.39 bits per heavy atom. The first-order valence-electron chi connectivity index (χ1n) is 10.4. The zero-order chi connectivity index (χ0) is 21.5. The van der Waals surface area contributed by atoms with Gasteiger partial charge in [-0.25, -0.2) is 4.98 Å². The van der Waals surface area contributed by atoms with E-state index in [-0.39, 0.29) is 5.43 Å². The Morgan fingerprint density at radius 2 is 1.68 bits per heavy atom. The molecule has 0 radical (unpaired) electrons. The number of nitrogen functional groups attached to an aromatic ring is 1. The Kier molecular flexibility index (Phi) is 4.66. The van der Waals surface area contributed by atoms with Gasteiger partial charge in [0.25, 0.3) is 0 Å². The van der Waals surface area contributed by atoms with Crippen molar-refractivity contribution in [1.82, 2.24) is 9.55 Å². The van der Waals surface area contributed by atoms with Crippen LogP contribution in [0.5, 0.6) is 5.75 Å². The molecule has 0 unspecified atom stereocenters. The number of fused-ring (bicyclic) bond motifs is 2. The van der Waals surface area contributed by atoms with Gasteiger partial charge in [-0.15, -0.1) is 0 Å². The molecule has 1 fully saturated rings. The third kappa shape index (κ3) is 3.22. The summed E-state index contributed by atoms with van der Waals surface area (Å²) in [6.45, 7) is 3.40. The lowest BCUT2D eigenvalue weighted by Crippen LogP contribution is -2.47. The summed E-state index contributed by atoms with van der Waals surface area (Å²) in [7, 11) is 3.60. The van der Waals surface area contributed by atoms with Gasteiger partial charge >= 0.3 is 0 Å². The third-order valence-electron chi connectivity index (χ3n) is 6.16. The van der Waals surface area contributed by atoms with E-state index in [0.717, 1.165) is 54.5 Å². The number of aromatic nitrogens is 2. The summed E-state index contributed by atoms with van der Waals surface area (Å²) in [5.74, 6) is 1.72. The first-order chi connectivity index (χ1) is 15.1. The molecule has 2 N–H and O–H groups in total. The number of nitrogens with two attached hydrogens (primary N) is 1. The van der Waals surface area contributed by atoms with E-state index >= 15 is 0 Å². The zero-order valence-corrected chi connectivity index (χ0v) is 17.7. The van der Waals surface area contributed by atoms with Crippen molar-refractivity contribution in [1.29, 1.82) is 0 Å². The van der Waals surface area contributed by atoms with Crippen LogP contribution in [0.1, 0.15) is 0 Å². The highest BCUT2D eigenvalue weighted by molar-refractivity contribution is 5.98. The Hall–Kier alpha value is -3.74. The topological polar surface area (TPSA) is 76.6 Å². The number of aryl methyl sites for hydroxylation is 1. The van der Waals surface area contributed by atoms with Gasteiger partial charge in [-0.3, -0.25) is 4.79 Å². The van der Waals surface area contributed by atoms with E-state index in [0.29, 0.717) is 16.5 Å². The van der Waals surface area contributed by atoms with Gasteiger partial charge in [-0.05, 0) is 36.4 Å². The average molecular weight is 415 g/mol. The molecule has 4 aromatic rings. The molecule has 1 aliphatic rings. The monoisotopic (exact) mass is 415 g/mol. The number of anilines is 3. The van der Waals surface area contributed by atoms with Gasteiger partial charge in [-0.2, -0.15) is 0 Å². The molecule has 1 saturated heterocycles. The van der Waals surface area contributed by atoms with E-state index < -0.39 is 0 Å². The molecule has 0 aliphatic carbocycles. The Morgan fingerprint density at radius 1 is 0.935 bits per heavy atom. The molecule has 0 saturated carbocycles. The lowest BCUT2D eigenvalue weighted by atomic mass is 10.1. The maximum atomic E-state index is 13.1. The molecule has 1 aliphatic heterocycles. The highest BCUT2D eigenvalue weighted by atomic mass is 16.5. The number of nitrogens with zero attached hydrogens (tertiary/aromatic N) is 4. The maximum absolute atomic E-state index is 13.1. The highest BCUT2D eigenvalue weighted by Gasteiger charge is 2.21. The second-order valence-electron chi connectivity index (χ2n) is 7.86. The minimum atomic E-state index is -0.0102. The van der Waals surface area contributed by atoms with Gasteiger partial charge in [0.05, 0.1) is 29.5 Å². The smallest absolute Gasteiger partial charge is 0.197 e. The molecule has 0 amide bonds. The van der Waals surface area contributed by atoms with Crippen LogP contribution in [0.4, 0.5) is 17.2 Å². The number of rotatable bonds is 3. The Balaban J connectivity index is 1.54. The second kappa shape index (κ2) is 7.50. The molecular formula is C24H25N5O2. The molecule has 31 heavy (non-hydrogen) atoms. The first kappa shape index (κ1) is 19.2. The summed E-state index contributed by atoms with van der Waals surface area (Å²) in [6.07, 6.45) is 1.82. The minimum Gasteiger partial charge on any atom is -0.497 e. The first-order valence-corrected chi connectivity index (χ1v) is 10.4. The molecule has 7 heteroatoms. The van der Waals surface area contributed by atoms with Crippen molar-refractivity contribution in [2.24, 2.45) is 7.05 Å². The van der Waals surface area contributed by atoms with Crippen LogP contribution < -0.4 is 25.7 Å². The van der Waals surface area contributed by atoms with Crippen molar-refractivity contribution in [3.8, 4) is 5.75 Å². The van der Waals surface area contributed by atoms with E-state index in [2.05, 4.69) is 14.8 Å². The average Bonchev–Trinajstić information content (AvgIpc) is 2.82. The number of ether oxygens (including phenoxy) is 1. The predicted molar refractivity (Wildman–Crippen MR) is 126 cm³/mol. The summed E-state index contributed by atoms with van der Waals surface area (Å²) >= 11 is 0. The molecule has 3 heterocycles. The summed E-state index contributed by atoms with van der Waals surface area (Å²) in [6, 6.07) is 15.4. The number of benzene rings is 2. The zero-order valence-electron chi connectivity index (χ0n) is 17.7. The largest absolute Gasteiger partial charge is 0.497 e. The van der Waals surface area contributed by atoms with Crippen molar-refractivity contribution in [2.75, 3.05) is 48.8 Å². The van der Waals surface area contributed by atoms with Gasteiger partial charge in [0, 0.05) is 56.3 Å². The van der Waals surface area contributed by atoms with Crippen LogP contribution in [0.15, 0.2) is 59.5 Å². The van der Waals surface area contributed by atoms with Gasteiger partial charge in [0.15, 0.2) is 5.43 Å². The van der Waals surface area contributed by atoms with E-state index in [4.69, 9.17) is 10.5 Å². The molecule has 7 nitrogen and oxygen atoms in total. The summed E-state index contributed by atoms with van der Waals surface area (Å²) in [5.41, 5.74) is 9.72. The van der Waals surface area contributed by atoms with Crippen molar-refractivity contribution < 1.29 is 4.74 Å². The fraction of sp³-hybridized carbons (Fsp3) is 0.250. The van der Waals surface area contributed by atoms with E-state index in [1.54, 1.807) is 7.11 Å². The summed E-state index contributed by atoms with van der Waals surface area (Å²) < 4.78 is 7.40. The van der Waals surface area contributed by atoms with Gasteiger partial charge in [0.1, 0.15) is 11.6 Å². The van der Waals surface area contributed by atoms with Crippen LogP contribution in [0.25, 0.3) is 21.8 Å². The van der Waals surface area contributed by atoms with Crippen LogP contribution in [-0.4, -0.2) is 42.8 Å². The molecule has 5 rings (SSSR count).